The van der Waals surface area contributed by atoms with E-state index in [0.717, 1.165) is 13.0 Å². The minimum Gasteiger partial charge on any atom is -0.299 e. The summed E-state index contributed by atoms with van der Waals surface area (Å²) in [6, 6.07) is 4.17. The van der Waals surface area contributed by atoms with Crippen LogP contribution in [-0.4, -0.2) is 24.3 Å². The summed E-state index contributed by atoms with van der Waals surface area (Å²) < 4.78 is 0. The second kappa shape index (κ2) is 3.75. The van der Waals surface area contributed by atoms with Gasteiger partial charge in [0.05, 0.1) is 5.71 Å². The summed E-state index contributed by atoms with van der Waals surface area (Å²) in [4.78, 5) is 1.29. The molecule has 0 saturated heterocycles. The van der Waals surface area contributed by atoms with E-state index in [1.165, 1.54) is 10.6 Å². The normalized spacial score (nSPS) is 17.0. The van der Waals surface area contributed by atoms with Gasteiger partial charge in [-0.15, -0.1) is 11.3 Å². The van der Waals surface area contributed by atoms with Gasteiger partial charge in [0.25, 0.3) is 0 Å². The van der Waals surface area contributed by atoms with Crippen LogP contribution < -0.4 is 0 Å². The summed E-state index contributed by atoms with van der Waals surface area (Å²) in [6.45, 7) is 1.05. The molecular weight excluding hydrogens is 180 g/mol. The number of thiophene rings is 1. The van der Waals surface area contributed by atoms with Crippen molar-refractivity contribution >= 4 is 23.1 Å². The molecule has 0 radical (unpaired) electrons. The van der Waals surface area contributed by atoms with Crippen molar-refractivity contribution in [3.8, 4) is 0 Å². The van der Waals surface area contributed by atoms with Crippen LogP contribution in [0.2, 0.25) is 0 Å². The smallest absolute Gasteiger partial charge is 0.0624 e. The highest BCUT2D eigenvalue weighted by atomic mass is 32.1. The van der Waals surface area contributed by atoms with E-state index in [1.807, 2.05) is 12.1 Å². The predicted octanol–water partition coefficient (Wildman–Crippen LogP) is 2.45. The zero-order valence-electron chi connectivity index (χ0n) is 7.60. The average molecular weight is 192 g/mol. The lowest BCUT2D eigenvalue weighted by Gasteiger charge is -2.00. The van der Waals surface area contributed by atoms with Crippen LogP contribution >= 0.6 is 11.3 Å². The van der Waals surface area contributed by atoms with Crippen molar-refractivity contribution in [1.82, 2.24) is 5.01 Å². The summed E-state index contributed by atoms with van der Waals surface area (Å²) in [5.41, 5.74) is 1.18. The van der Waals surface area contributed by atoms with Gasteiger partial charge in [0.2, 0.25) is 0 Å². The molecule has 0 spiro atoms. The Morgan fingerprint density at radius 2 is 2.46 bits per heavy atom. The maximum Gasteiger partial charge on any atom is 0.0624 e. The molecule has 0 aliphatic carbocycles. The zero-order valence-corrected chi connectivity index (χ0v) is 8.42. The lowest BCUT2D eigenvalue weighted by Crippen LogP contribution is -2.04. The van der Waals surface area contributed by atoms with Gasteiger partial charge in [-0.25, -0.2) is 0 Å². The SMILES string of the molecule is CN1CCC(C=Cc2cccs2)=N1. The number of rotatable bonds is 2. The quantitative estimate of drug-likeness (QED) is 0.702. The Kier molecular flexibility index (Phi) is 2.45. The third-order valence-electron chi connectivity index (χ3n) is 1.97. The minimum atomic E-state index is 1.05. The fraction of sp³-hybridized carbons (Fsp3) is 0.300. The molecule has 0 amide bonds. The second-order valence-electron chi connectivity index (χ2n) is 3.07. The Hall–Kier alpha value is -1.09. The molecule has 68 valence electrons. The van der Waals surface area contributed by atoms with Crippen molar-refractivity contribution in [1.29, 1.82) is 0 Å². The highest BCUT2D eigenvalue weighted by molar-refractivity contribution is 7.10. The first kappa shape index (κ1) is 8.51. The maximum absolute atomic E-state index is 4.36. The van der Waals surface area contributed by atoms with E-state index >= 15 is 0 Å². The molecule has 1 aliphatic rings. The van der Waals surface area contributed by atoms with E-state index in [1.54, 1.807) is 11.3 Å². The molecule has 0 N–H and O–H groups in total. The Morgan fingerprint density at radius 1 is 1.54 bits per heavy atom. The molecule has 2 nitrogen and oxygen atoms in total. The van der Waals surface area contributed by atoms with E-state index in [9.17, 15) is 0 Å². The number of hydrazone groups is 1. The third kappa shape index (κ3) is 2.18. The van der Waals surface area contributed by atoms with Crippen molar-refractivity contribution in [2.75, 3.05) is 13.6 Å². The monoisotopic (exact) mass is 192 g/mol. The molecule has 1 aromatic rings. The molecule has 1 aromatic heterocycles. The summed E-state index contributed by atoms with van der Waals surface area (Å²) in [7, 11) is 2.01. The first-order chi connectivity index (χ1) is 6.34. The van der Waals surface area contributed by atoms with Crippen LogP contribution in [0.5, 0.6) is 0 Å². The van der Waals surface area contributed by atoms with Crippen LogP contribution in [0.1, 0.15) is 11.3 Å². The van der Waals surface area contributed by atoms with Gasteiger partial charge in [-0.3, -0.25) is 5.01 Å². The molecule has 0 saturated carbocycles. The van der Waals surface area contributed by atoms with Crippen LogP contribution in [0.15, 0.2) is 28.7 Å². The summed E-state index contributed by atoms with van der Waals surface area (Å²) in [6.07, 6.45) is 5.30. The molecule has 13 heavy (non-hydrogen) atoms. The van der Waals surface area contributed by atoms with Gasteiger partial charge < -0.3 is 0 Å². The minimum absolute atomic E-state index is 1.05. The molecular formula is C10H12N2S. The van der Waals surface area contributed by atoms with E-state index in [0.29, 0.717) is 0 Å². The van der Waals surface area contributed by atoms with E-state index in [4.69, 9.17) is 0 Å². The van der Waals surface area contributed by atoms with E-state index in [-0.39, 0.29) is 0 Å². The zero-order chi connectivity index (χ0) is 9.10. The van der Waals surface area contributed by atoms with Crippen LogP contribution in [0.4, 0.5) is 0 Å². The summed E-state index contributed by atoms with van der Waals surface area (Å²) in [5.74, 6) is 0. The molecule has 0 atom stereocenters. The van der Waals surface area contributed by atoms with Gasteiger partial charge in [-0.1, -0.05) is 6.07 Å². The molecule has 2 heterocycles. The molecule has 1 aliphatic heterocycles. The number of hydrogen-bond acceptors (Lipinski definition) is 3. The fourth-order valence-corrected chi connectivity index (χ4v) is 1.89. The number of hydrogen-bond donors (Lipinski definition) is 0. The predicted molar refractivity (Wildman–Crippen MR) is 58.0 cm³/mol. The topological polar surface area (TPSA) is 15.6 Å². The molecule has 0 unspecified atom stereocenters. The standard InChI is InChI=1S/C10H12N2S/c1-12-7-6-9(11-12)4-5-10-3-2-8-13-10/h2-5,8H,6-7H2,1H3. The third-order valence-corrected chi connectivity index (χ3v) is 2.81. The van der Waals surface area contributed by atoms with Crippen LogP contribution in [-0.2, 0) is 0 Å². The maximum atomic E-state index is 4.36. The van der Waals surface area contributed by atoms with Gasteiger partial charge in [0, 0.05) is 24.9 Å². The van der Waals surface area contributed by atoms with Gasteiger partial charge in [-0.2, -0.15) is 5.10 Å². The van der Waals surface area contributed by atoms with Crippen molar-refractivity contribution in [2.24, 2.45) is 5.10 Å². The van der Waals surface area contributed by atoms with Crippen molar-refractivity contribution in [3.63, 3.8) is 0 Å². The van der Waals surface area contributed by atoms with Gasteiger partial charge in [0.1, 0.15) is 0 Å². The van der Waals surface area contributed by atoms with Crippen molar-refractivity contribution in [2.45, 2.75) is 6.42 Å². The fourth-order valence-electron chi connectivity index (χ4n) is 1.28. The van der Waals surface area contributed by atoms with Gasteiger partial charge in [0.15, 0.2) is 0 Å². The average Bonchev–Trinajstić information content (AvgIpc) is 2.71. The Morgan fingerprint density at radius 3 is 3.08 bits per heavy atom. The number of allylic oxidation sites excluding steroid dienone is 1. The largest absolute Gasteiger partial charge is 0.299 e. The Balaban J connectivity index is 2.02. The second-order valence-corrected chi connectivity index (χ2v) is 4.05. The van der Waals surface area contributed by atoms with Gasteiger partial charge in [-0.05, 0) is 23.6 Å². The first-order valence-electron chi connectivity index (χ1n) is 4.35. The molecule has 2 rings (SSSR count). The van der Waals surface area contributed by atoms with E-state index < -0.39 is 0 Å². The van der Waals surface area contributed by atoms with Crippen LogP contribution in [0, 0.1) is 0 Å². The highest BCUT2D eigenvalue weighted by Crippen LogP contribution is 2.12. The Bertz CT molecular complexity index is 325. The lowest BCUT2D eigenvalue weighted by atomic mass is 10.2. The summed E-state index contributed by atoms with van der Waals surface area (Å²) in [5, 5.41) is 8.42. The number of nitrogens with zero attached hydrogens (tertiary/aromatic N) is 2. The van der Waals surface area contributed by atoms with E-state index in [2.05, 4.69) is 34.8 Å². The van der Waals surface area contributed by atoms with Crippen molar-refractivity contribution < 1.29 is 0 Å². The van der Waals surface area contributed by atoms with Crippen molar-refractivity contribution in [3.05, 3.63) is 28.5 Å². The molecule has 0 bridgehead atoms. The first-order valence-corrected chi connectivity index (χ1v) is 5.23. The van der Waals surface area contributed by atoms with Gasteiger partial charge >= 0.3 is 0 Å². The molecule has 0 aromatic carbocycles. The van der Waals surface area contributed by atoms with Crippen LogP contribution in [0.3, 0.4) is 0 Å². The summed E-state index contributed by atoms with van der Waals surface area (Å²) >= 11 is 1.75. The molecule has 0 fully saturated rings. The Labute approximate surface area is 82.2 Å². The van der Waals surface area contributed by atoms with Crippen LogP contribution in [0.25, 0.3) is 6.08 Å². The highest BCUT2D eigenvalue weighted by Gasteiger charge is 2.06. The lowest BCUT2D eigenvalue weighted by molar-refractivity contribution is 0.393. The molecule has 3 heteroatoms.